The molecule has 0 aliphatic heterocycles. The van der Waals surface area contributed by atoms with Gasteiger partial charge in [-0.1, -0.05) is 19.1 Å². The van der Waals surface area contributed by atoms with E-state index in [4.69, 9.17) is 0 Å². The molecule has 21 heavy (non-hydrogen) atoms. The summed E-state index contributed by atoms with van der Waals surface area (Å²) in [5.41, 5.74) is 1.33. The minimum Gasteiger partial charge on any atom is -0.349 e. The standard InChI is InChI=1S/C17H28N2OS/c1-5-11-18-14(2)15-8-6-9-16(13-15)21-12-7-10-17(20)19(3)4/h6,8-9,13-14,18H,5,7,10-12H2,1-4H3. The predicted molar refractivity (Wildman–Crippen MR) is 91.8 cm³/mol. The summed E-state index contributed by atoms with van der Waals surface area (Å²) >= 11 is 1.83. The van der Waals surface area contributed by atoms with E-state index in [0.29, 0.717) is 12.5 Å². The van der Waals surface area contributed by atoms with Crippen LogP contribution in [0, 0.1) is 0 Å². The molecule has 3 nitrogen and oxygen atoms in total. The molecule has 1 unspecified atom stereocenters. The molecule has 0 aliphatic carbocycles. The molecule has 1 atom stereocenters. The fourth-order valence-corrected chi connectivity index (χ4v) is 2.91. The molecule has 0 fully saturated rings. The molecule has 0 saturated heterocycles. The number of hydrogen-bond acceptors (Lipinski definition) is 3. The van der Waals surface area contributed by atoms with Gasteiger partial charge in [0, 0.05) is 31.5 Å². The number of benzene rings is 1. The van der Waals surface area contributed by atoms with E-state index >= 15 is 0 Å². The van der Waals surface area contributed by atoms with Crippen molar-refractivity contribution in [2.75, 3.05) is 26.4 Å². The van der Waals surface area contributed by atoms with E-state index in [1.165, 1.54) is 10.5 Å². The Morgan fingerprint density at radius 3 is 2.81 bits per heavy atom. The summed E-state index contributed by atoms with van der Waals surface area (Å²) in [5.74, 6) is 1.20. The highest BCUT2D eigenvalue weighted by Gasteiger charge is 2.06. The van der Waals surface area contributed by atoms with E-state index in [0.717, 1.165) is 25.1 Å². The summed E-state index contributed by atoms with van der Waals surface area (Å²) in [6.45, 7) is 5.43. The second kappa shape index (κ2) is 9.85. The maximum atomic E-state index is 11.5. The lowest BCUT2D eigenvalue weighted by Gasteiger charge is -2.14. The Balaban J connectivity index is 2.40. The first kappa shape index (κ1) is 18.1. The smallest absolute Gasteiger partial charge is 0.222 e. The number of thioether (sulfide) groups is 1. The van der Waals surface area contributed by atoms with Crippen molar-refractivity contribution in [3.05, 3.63) is 29.8 Å². The zero-order chi connectivity index (χ0) is 15.7. The molecule has 0 aliphatic rings. The number of carbonyl (C=O) groups excluding carboxylic acids is 1. The average molecular weight is 308 g/mol. The minimum absolute atomic E-state index is 0.210. The van der Waals surface area contributed by atoms with Gasteiger partial charge in [-0.25, -0.2) is 0 Å². The largest absolute Gasteiger partial charge is 0.349 e. The molecular formula is C17H28N2OS. The van der Waals surface area contributed by atoms with Gasteiger partial charge < -0.3 is 10.2 Å². The molecule has 0 heterocycles. The Labute approximate surface area is 133 Å². The fourth-order valence-electron chi connectivity index (χ4n) is 1.99. The number of amides is 1. The maximum Gasteiger partial charge on any atom is 0.222 e. The average Bonchev–Trinajstić information content (AvgIpc) is 2.49. The number of hydrogen-bond donors (Lipinski definition) is 1. The van der Waals surface area contributed by atoms with E-state index in [1.54, 1.807) is 4.90 Å². The van der Waals surface area contributed by atoms with Gasteiger partial charge in [0.15, 0.2) is 0 Å². The van der Waals surface area contributed by atoms with Crippen LogP contribution >= 0.6 is 11.8 Å². The molecule has 1 N–H and O–H groups in total. The fraction of sp³-hybridized carbons (Fsp3) is 0.588. The molecule has 0 spiro atoms. The van der Waals surface area contributed by atoms with Crippen LogP contribution in [0.1, 0.15) is 44.7 Å². The molecule has 118 valence electrons. The van der Waals surface area contributed by atoms with Crippen molar-refractivity contribution in [3.63, 3.8) is 0 Å². The third kappa shape index (κ3) is 7.00. The molecule has 1 aromatic rings. The lowest BCUT2D eigenvalue weighted by atomic mass is 10.1. The van der Waals surface area contributed by atoms with Crippen molar-refractivity contribution in [2.24, 2.45) is 0 Å². The topological polar surface area (TPSA) is 32.3 Å². The van der Waals surface area contributed by atoms with Crippen LogP contribution in [0.4, 0.5) is 0 Å². The van der Waals surface area contributed by atoms with Crippen molar-refractivity contribution < 1.29 is 4.79 Å². The zero-order valence-electron chi connectivity index (χ0n) is 13.7. The summed E-state index contributed by atoms with van der Waals surface area (Å²) in [6.07, 6.45) is 2.71. The molecule has 1 rings (SSSR count). The number of nitrogens with one attached hydrogen (secondary N) is 1. The minimum atomic E-state index is 0.210. The summed E-state index contributed by atoms with van der Waals surface area (Å²) < 4.78 is 0. The summed E-state index contributed by atoms with van der Waals surface area (Å²) in [6, 6.07) is 9.08. The first-order valence-electron chi connectivity index (χ1n) is 7.71. The second-order valence-electron chi connectivity index (χ2n) is 5.49. The van der Waals surface area contributed by atoms with E-state index in [2.05, 4.69) is 43.4 Å². The SMILES string of the molecule is CCCNC(C)c1cccc(SCCCC(=O)N(C)C)c1. The summed E-state index contributed by atoms with van der Waals surface area (Å²) in [4.78, 5) is 14.5. The van der Waals surface area contributed by atoms with Gasteiger partial charge in [-0.15, -0.1) is 11.8 Å². The van der Waals surface area contributed by atoms with Gasteiger partial charge >= 0.3 is 0 Å². The third-order valence-corrected chi connectivity index (χ3v) is 4.44. The Kier molecular flexibility index (Phi) is 8.47. The molecule has 0 aromatic heterocycles. The first-order valence-corrected chi connectivity index (χ1v) is 8.69. The Morgan fingerprint density at radius 2 is 2.14 bits per heavy atom. The lowest BCUT2D eigenvalue weighted by Crippen LogP contribution is -2.21. The van der Waals surface area contributed by atoms with E-state index in [1.807, 2.05) is 25.9 Å². The quantitative estimate of drug-likeness (QED) is 0.557. The van der Waals surface area contributed by atoms with Gasteiger partial charge in [0.05, 0.1) is 0 Å². The van der Waals surface area contributed by atoms with Gasteiger partial charge in [-0.05, 0) is 49.8 Å². The maximum absolute atomic E-state index is 11.5. The highest BCUT2D eigenvalue weighted by atomic mass is 32.2. The van der Waals surface area contributed by atoms with Gasteiger partial charge in [-0.2, -0.15) is 0 Å². The van der Waals surface area contributed by atoms with Crippen molar-refractivity contribution in [1.82, 2.24) is 10.2 Å². The van der Waals surface area contributed by atoms with Crippen molar-refractivity contribution in [3.8, 4) is 0 Å². The molecular weight excluding hydrogens is 280 g/mol. The van der Waals surface area contributed by atoms with Crippen molar-refractivity contribution in [2.45, 2.75) is 44.0 Å². The van der Waals surface area contributed by atoms with Gasteiger partial charge in [0.1, 0.15) is 0 Å². The van der Waals surface area contributed by atoms with Crippen LogP contribution < -0.4 is 5.32 Å². The van der Waals surface area contributed by atoms with Crippen molar-refractivity contribution in [1.29, 1.82) is 0 Å². The molecule has 0 bridgehead atoms. The van der Waals surface area contributed by atoms with Crippen LogP contribution in [0.3, 0.4) is 0 Å². The molecule has 4 heteroatoms. The van der Waals surface area contributed by atoms with Gasteiger partial charge in [0.25, 0.3) is 0 Å². The normalized spacial score (nSPS) is 12.2. The first-order chi connectivity index (χ1) is 10.0. The van der Waals surface area contributed by atoms with E-state index in [-0.39, 0.29) is 5.91 Å². The Hall–Kier alpha value is -1.00. The number of rotatable bonds is 9. The Bertz CT molecular complexity index is 435. The number of nitrogens with zero attached hydrogens (tertiary/aromatic N) is 1. The van der Waals surface area contributed by atoms with Crippen LogP contribution in [0.5, 0.6) is 0 Å². The molecule has 0 saturated carbocycles. The van der Waals surface area contributed by atoms with Crippen LogP contribution in [0.2, 0.25) is 0 Å². The predicted octanol–water partition coefficient (Wildman–Crippen LogP) is 3.71. The van der Waals surface area contributed by atoms with E-state index < -0.39 is 0 Å². The van der Waals surface area contributed by atoms with Gasteiger partial charge in [0.2, 0.25) is 5.91 Å². The van der Waals surface area contributed by atoms with Crippen LogP contribution in [0.15, 0.2) is 29.2 Å². The highest BCUT2D eigenvalue weighted by Crippen LogP contribution is 2.23. The summed E-state index contributed by atoms with van der Waals surface area (Å²) in [5, 5.41) is 3.51. The van der Waals surface area contributed by atoms with Crippen LogP contribution in [-0.2, 0) is 4.79 Å². The van der Waals surface area contributed by atoms with Gasteiger partial charge in [-0.3, -0.25) is 4.79 Å². The molecule has 1 amide bonds. The summed E-state index contributed by atoms with van der Waals surface area (Å²) in [7, 11) is 3.62. The molecule has 1 aromatic carbocycles. The monoisotopic (exact) mass is 308 g/mol. The molecule has 0 radical (unpaired) electrons. The number of carbonyl (C=O) groups is 1. The van der Waals surface area contributed by atoms with E-state index in [9.17, 15) is 4.79 Å². The zero-order valence-corrected chi connectivity index (χ0v) is 14.5. The Morgan fingerprint density at radius 1 is 1.38 bits per heavy atom. The van der Waals surface area contributed by atoms with Crippen LogP contribution in [0.25, 0.3) is 0 Å². The third-order valence-electron chi connectivity index (χ3n) is 3.36. The van der Waals surface area contributed by atoms with Crippen molar-refractivity contribution >= 4 is 17.7 Å². The second-order valence-corrected chi connectivity index (χ2v) is 6.66. The lowest BCUT2D eigenvalue weighted by molar-refractivity contribution is -0.128. The van der Waals surface area contributed by atoms with Crippen LogP contribution in [-0.4, -0.2) is 37.2 Å². The highest BCUT2D eigenvalue weighted by molar-refractivity contribution is 7.99.